The molecule has 2 fully saturated rings. The molecule has 0 spiro atoms. The lowest BCUT2D eigenvalue weighted by Gasteiger charge is -2.43. The van der Waals surface area contributed by atoms with Gasteiger partial charge in [-0.25, -0.2) is 13.6 Å². The third-order valence-corrected chi connectivity index (χ3v) is 6.49. The van der Waals surface area contributed by atoms with Crippen molar-refractivity contribution in [3.05, 3.63) is 71.1 Å². The van der Waals surface area contributed by atoms with Crippen LogP contribution < -0.4 is 10.2 Å². The van der Waals surface area contributed by atoms with E-state index < -0.39 is 11.6 Å². The minimum atomic E-state index is -0.926. The first-order valence-electron chi connectivity index (χ1n) is 11.2. The lowest BCUT2D eigenvalue weighted by atomic mass is 9.97. The molecule has 2 heterocycles. The monoisotopic (exact) mass is 438 g/mol. The number of amides is 1. The molecule has 0 radical (unpaired) electrons. The Balaban J connectivity index is 1.28. The van der Waals surface area contributed by atoms with Crippen LogP contribution in [0.4, 0.5) is 20.2 Å². The molecule has 4 rings (SSSR count). The van der Waals surface area contributed by atoms with Gasteiger partial charge in [0, 0.05) is 37.4 Å². The van der Waals surface area contributed by atoms with Gasteiger partial charge in [0.1, 0.15) is 0 Å². The molecule has 1 unspecified atom stereocenters. The Bertz CT molecular complexity index is 998. The number of anilines is 1. The van der Waals surface area contributed by atoms with Gasteiger partial charge in [0.05, 0.1) is 13.0 Å². The summed E-state index contributed by atoms with van der Waals surface area (Å²) in [5.41, 5.74) is 2.19. The highest BCUT2D eigenvalue weighted by atomic mass is 19.2. The van der Waals surface area contributed by atoms with Crippen LogP contribution in [-0.2, 0) is 11.2 Å². The van der Waals surface area contributed by atoms with Crippen LogP contribution in [0.25, 0.3) is 4.85 Å². The van der Waals surface area contributed by atoms with E-state index in [2.05, 4.69) is 20.0 Å². The molecule has 0 saturated carbocycles. The molecule has 5 nitrogen and oxygen atoms in total. The van der Waals surface area contributed by atoms with E-state index in [1.54, 1.807) is 0 Å². The molecule has 2 aromatic carbocycles. The van der Waals surface area contributed by atoms with Crippen molar-refractivity contribution in [1.29, 1.82) is 0 Å². The molecule has 2 aliphatic rings. The van der Waals surface area contributed by atoms with E-state index in [-0.39, 0.29) is 18.4 Å². The van der Waals surface area contributed by atoms with Crippen molar-refractivity contribution < 1.29 is 13.6 Å². The summed E-state index contributed by atoms with van der Waals surface area (Å²) in [6.07, 6.45) is 4.06. The summed E-state index contributed by atoms with van der Waals surface area (Å²) < 4.78 is 26.5. The van der Waals surface area contributed by atoms with Gasteiger partial charge in [0.2, 0.25) is 11.6 Å². The zero-order valence-corrected chi connectivity index (χ0v) is 18.1. The molecular formula is C25H28F2N4O. The van der Waals surface area contributed by atoms with Gasteiger partial charge in [-0.05, 0) is 56.0 Å². The number of nitrogens with one attached hydrogen (secondary N) is 1. The molecule has 32 heavy (non-hydrogen) atoms. The van der Waals surface area contributed by atoms with Crippen molar-refractivity contribution >= 4 is 17.3 Å². The summed E-state index contributed by atoms with van der Waals surface area (Å²) in [7, 11) is 0. The molecule has 0 bridgehead atoms. The van der Waals surface area contributed by atoms with Crippen molar-refractivity contribution in [3.8, 4) is 0 Å². The highest BCUT2D eigenvalue weighted by Gasteiger charge is 2.30. The minimum Gasteiger partial charge on any atom is -0.380 e. The lowest BCUT2D eigenvalue weighted by molar-refractivity contribution is -0.121. The number of carbonyl (C=O) groups excluding carboxylic acids is 1. The number of likely N-dealkylation sites (tertiary alicyclic amines) is 1. The number of hydrogen-bond donors (Lipinski definition) is 1. The zero-order chi connectivity index (χ0) is 22.5. The Kier molecular flexibility index (Phi) is 7.01. The Labute approximate surface area is 187 Å². The molecular weight excluding hydrogens is 410 g/mol. The summed E-state index contributed by atoms with van der Waals surface area (Å²) in [4.78, 5) is 20.9. The summed E-state index contributed by atoms with van der Waals surface area (Å²) in [6, 6.07) is 11.9. The minimum absolute atomic E-state index is 0.0482. The Morgan fingerprint density at radius 2 is 1.84 bits per heavy atom. The molecule has 2 saturated heterocycles. The number of nitrogens with zero attached hydrogens (tertiary/aromatic N) is 3. The quantitative estimate of drug-likeness (QED) is 0.708. The average molecular weight is 439 g/mol. The van der Waals surface area contributed by atoms with Gasteiger partial charge in [0.25, 0.3) is 0 Å². The molecule has 0 aromatic heterocycles. The Morgan fingerprint density at radius 3 is 2.59 bits per heavy atom. The summed E-state index contributed by atoms with van der Waals surface area (Å²) in [5, 5.41) is 3.08. The van der Waals surface area contributed by atoms with Crippen LogP contribution in [0.2, 0.25) is 0 Å². The van der Waals surface area contributed by atoms with E-state index >= 15 is 0 Å². The van der Waals surface area contributed by atoms with Crippen LogP contribution in [0.15, 0.2) is 42.5 Å². The molecule has 1 N–H and O–H groups in total. The fourth-order valence-electron chi connectivity index (χ4n) is 4.87. The van der Waals surface area contributed by atoms with Crippen LogP contribution in [0.5, 0.6) is 0 Å². The Morgan fingerprint density at radius 1 is 1.06 bits per heavy atom. The first kappa shape index (κ1) is 22.2. The predicted molar refractivity (Wildman–Crippen MR) is 121 cm³/mol. The van der Waals surface area contributed by atoms with Crippen molar-refractivity contribution in [3.63, 3.8) is 0 Å². The van der Waals surface area contributed by atoms with E-state index in [0.717, 1.165) is 69.7 Å². The van der Waals surface area contributed by atoms with Gasteiger partial charge in [-0.1, -0.05) is 24.3 Å². The number of para-hydroxylation sites is 2. The zero-order valence-electron chi connectivity index (χ0n) is 18.1. The van der Waals surface area contributed by atoms with Gasteiger partial charge in [-0.3, -0.25) is 9.69 Å². The van der Waals surface area contributed by atoms with Crippen molar-refractivity contribution in [2.45, 2.75) is 44.2 Å². The standard InChI is InChI=1S/C25H28F2N4O/c1-28-23-6-2-3-7-24(23)30-13-10-20(11-14-30)31-12-4-5-19(17-31)29-25(32)16-18-8-9-21(26)22(27)15-18/h2-3,6-9,15,19-20H,4-5,10-14,16-17H2,(H,29,32). The maximum atomic E-state index is 13.4. The van der Waals surface area contributed by atoms with Gasteiger partial charge in [0.15, 0.2) is 11.6 Å². The van der Waals surface area contributed by atoms with Crippen LogP contribution in [0.1, 0.15) is 31.2 Å². The van der Waals surface area contributed by atoms with Gasteiger partial charge in [-0.2, -0.15) is 0 Å². The second-order valence-corrected chi connectivity index (χ2v) is 8.65. The molecule has 2 aromatic rings. The predicted octanol–water partition coefficient (Wildman–Crippen LogP) is 4.31. The number of piperidine rings is 2. The topological polar surface area (TPSA) is 39.9 Å². The maximum Gasteiger partial charge on any atom is 0.224 e. The smallest absolute Gasteiger partial charge is 0.224 e. The maximum absolute atomic E-state index is 13.4. The van der Waals surface area contributed by atoms with Gasteiger partial charge < -0.3 is 10.2 Å². The van der Waals surface area contributed by atoms with Crippen molar-refractivity contribution in [1.82, 2.24) is 10.2 Å². The highest BCUT2D eigenvalue weighted by Crippen LogP contribution is 2.31. The fourth-order valence-corrected chi connectivity index (χ4v) is 4.87. The Hall–Kier alpha value is -2.98. The molecule has 1 amide bonds. The first-order valence-corrected chi connectivity index (χ1v) is 11.2. The number of halogens is 2. The van der Waals surface area contributed by atoms with Crippen molar-refractivity contribution in [2.24, 2.45) is 0 Å². The van der Waals surface area contributed by atoms with Crippen LogP contribution in [0.3, 0.4) is 0 Å². The first-order chi connectivity index (χ1) is 15.5. The second kappa shape index (κ2) is 10.1. The summed E-state index contributed by atoms with van der Waals surface area (Å²) >= 11 is 0. The van der Waals surface area contributed by atoms with Crippen LogP contribution in [-0.4, -0.2) is 49.1 Å². The van der Waals surface area contributed by atoms with Crippen LogP contribution >= 0.6 is 0 Å². The summed E-state index contributed by atoms with van der Waals surface area (Å²) in [6.45, 7) is 11.1. The number of hydrogen-bond acceptors (Lipinski definition) is 3. The van der Waals surface area contributed by atoms with Gasteiger partial charge in [-0.15, -0.1) is 0 Å². The summed E-state index contributed by atoms with van der Waals surface area (Å²) in [5.74, 6) is -1.99. The fraction of sp³-hybridized carbons (Fsp3) is 0.440. The number of carbonyl (C=O) groups is 1. The van der Waals surface area contributed by atoms with E-state index in [0.29, 0.717) is 17.3 Å². The molecule has 0 aliphatic carbocycles. The second-order valence-electron chi connectivity index (χ2n) is 8.65. The molecule has 7 heteroatoms. The molecule has 168 valence electrons. The van der Waals surface area contributed by atoms with Gasteiger partial charge >= 0.3 is 0 Å². The van der Waals surface area contributed by atoms with Crippen LogP contribution in [0, 0.1) is 18.2 Å². The van der Waals surface area contributed by atoms with E-state index in [1.807, 2.05) is 24.3 Å². The highest BCUT2D eigenvalue weighted by molar-refractivity contribution is 5.78. The van der Waals surface area contributed by atoms with E-state index in [9.17, 15) is 13.6 Å². The molecule has 2 aliphatic heterocycles. The van der Waals surface area contributed by atoms with Crippen molar-refractivity contribution in [2.75, 3.05) is 31.1 Å². The third-order valence-electron chi connectivity index (χ3n) is 6.49. The van der Waals surface area contributed by atoms with E-state index in [4.69, 9.17) is 6.57 Å². The largest absolute Gasteiger partial charge is 0.380 e. The average Bonchev–Trinajstić information content (AvgIpc) is 2.81. The number of rotatable bonds is 5. The lowest BCUT2D eigenvalue weighted by Crippen LogP contribution is -2.53. The normalized spacial score (nSPS) is 20.0. The molecule has 1 atom stereocenters. The van der Waals surface area contributed by atoms with E-state index in [1.165, 1.54) is 6.07 Å². The number of benzene rings is 2. The SMILES string of the molecule is [C-]#[N+]c1ccccc1N1CCC(N2CCCC(NC(=O)Cc3ccc(F)c(F)c3)C2)CC1. The third kappa shape index (κ3) is 5.25.